The Morgan fingerprint density at radius 3 is 2.71 bits per heavy atom. The van der Waals surface area contributed by atoms with Gasteiger partial charge in [-0.3, -0.25) is 4.79 Å². The van der Waals surface area contributed by atoms with E-state index in [9.17, 15) is 9.90 Å². The lowest BCUT2D eigenvalue weighted by Gasteiger charge is -2.33. The van der Waals surface area contributed by atoms with Crippen LogP contribution in [0.2, 0.25) is 0 Å². The smallest absolute Gasteiger partial charge is 0.324 e. The summed E-state index contributed by atoms with van der Waals surface area (Å²) < 4.78 is 5.41. The van der Waals surface area contributed by atoms with Crippen LogP contribution in [0.5, 0.6) is 0 Å². The molecule has 1 aliphatic carbocycles. The number of carboxylic acid groups (broad SMARTS) is 1. The zero-order valence-corrected chi connectivity index (χ0v) is 13.9. The highest BCUT2D eigenvalue weighted by Gasteiger charge is 2.48. The van der Waals surface area contributed by atoms with Crippen molar-refractivity contribution in [3.8, 4) is 0 Å². The maximum atomic E-state index is 11.8. The molecule has 0 aliphatic heterocycles. The lowest BCUT2D eigenvalue weighted by Crippen LogP contribution is -2.55. The summed E-state index contributed by atoms with van der Waals surface area (Å²) in [7, 11) is 0. The van der Waals surface area contributed by atoms with Crippen LogP contribution in [0.1, 0.15) is 46.5 Å². The summed E-state index contributed by atoms with van der Waals surface area (Å²) in [5.41, 5.74) is -0.700. The first-order valence-corrected chi connectivity index (χ1v) is 8.39. The maximum absolute atomic E-state index is 11.8. The summed E-state index contributed by atoms with van der Waals surface area (Å²) in [5.74, 6) is -0.444. The summed E-state index contributed by atoms with van der Waals surface area (Å²) >= 11 is 0. The molecule has 0 aromatic heterocycles. The zero-order chi connectivity index (χ0) is 15.7. The van der Waals surface area contributed by atoms with Gasteiger partial charge in [-0.05, 0) is 51.7 Å². The van der Waals surface area contributed by atoms with Crippen molar-refractivity contribution in [3.05, 3.63) is 0 Å². The molecule has 0 spiro atoms. The van der Waals surface area contributed by atoms with Crippen molar-refractivity contribution < 1.29 is 14.6 Å². The quantitative estimate of drug-likeness (QED) is 0.571. The lowest BCUT2D eigenvalue weighted by molar-refractivity contribution is -0.146. The molecule has 21 heavy (non-hydrogen) atoms. The molecular formula is C16H32N2O3. The molecule has 0 bridgehead atoms. The lowest BCUT2D eigenvalue weighted by atomic mass is 9.84. The molecule has 0 aromatic rings. The molecule has 2 atom stereocenters. The summed E-state index contributed by atoms with van der Waals surface area (Å²) in [4.78, 5) is 14.1. The van der Waals surface area contributed by atoms with Crippen molar-refractivity contribution in [3.63, 3.8) is 0 Å². The van der Waals surface area contributed by atoms with E-state index in [1.807, 2.05) is 13.8 Å². The van der Waals surface area contributed by atoms with Gasteiger partial charge >= 0.3 is 5.97 Å². The van der Waals surface area contributed by atoms with Crippen LogP contribution in [0.4, 0.5) is 0 Å². The van der Waals surface area contributed by atoms with Crippen LogP contribution in [0.25, 0.3) is 0 Å². The van der Waals surface area contributed by atoms with Crippen LogP contribution < -0.4 is 5.32 Å². The third kappa shape index (κ3) is 4.94. The molecule has 1 aliphatic rings. The van der Waals surface area contributed by atoms with Gasteiger partial charge in [0.05, 0.1) is 6.61 Å². The monoisotopic (exact) mass is 300 g/mol. The number of rotatable bonds is 11. The number of nitrogens with zero attached hydrogens (tertiary/aromatic N) is 1. The fraction of sp³-hybridized carbons (Fsp3) is 0.938. The second kappa shape index (κ2) is 9.38. The molecular weight excluding hydrogens is 268 g/mol. The van der Waals surface area contributed by atoms with E-state index in [-0.39, 0.29) is 5.92 Å². The number of carboxylic acids is 1. The number of aliphatic carboxylic acids is 1. The van der Waals surface area contributed by atoms with Gasteiger partial charge in [0.2, 0.25) is 0 Å². The second-order valence-corrected chi connectivity index (χ2v) is 5.82. The zero-order valence-electron chi connectivity index (χ0n) is 13.9. The minimum atomic E-state index is -0.700. The highest BCUT2D eigenvalue weighted by Crippen LogP contribution is 2.38. The minimum Gasteiger partial charge on any atom is -0.480 e. The van der Waals surface area contributed by atoms with Crippen LogP contribution in [0.15, 0.2) is 0 Å². The van der Waals surface area contributed by atoms with E-state index < -0.39 is 11.5 Å². The normalized spacial score (nSPS) is 25.6. The minimum absolute atomic E-state index is 0.232. The van der Waals surface area contributed by atoms with Gasteiger partial charge in [0.1, 0.15) is 5.54 Å². The van der Waals surface area contributed by atoms with Crippen LogP contribution >= 0.6 is 0 Å². The van der Waals surface area contributed by atoms with Crippen molar-refractivity contribution in [1.82, 2.24) is 10.2 Å². The highest BCUT2D eigenvalue weighted by molar-refractivity contribution is 5.79. The third-order valence-corrected chi connectivity index (χ3v) is 4.69. The molecule has 0 radical (unpaired) electrons. The molecule has 5 nitrogen and oxygen atoms in total. The number of hydrogen-bond acceptors (Lipinski definition) is 4. The van der Waals surface area contributed by atoms with Gasteiger partial charge < -0.3 is 20.1 Å². The second-order valence-electron chi connectivity index (χ2n) is 5.82. The Labute approximate surface area is 129 Å². The SMILES string of the molecule is CCNC1(C(=O)O)CCCC1CCN(CC)CCOCC. The highest BCUT2D eigenvalue weighted by atomic mass is 16.5. The molecule has 1 fully saturated rings. The standard InChI is InChI=1S/C16H32N2O3/c1-4-17-16(15(19)20)10-7-8-14(16)9-11-18(5-2)12-13-21-6-3/h14,17H,4-13H2,1-3H3,(H,19,20). The molecule has 0 saturated heterocycles. The summed E-state index contributed by atoms with van der Waals surface area (Å²) in [6.45, 7) is 11.2. The number of hydrogen-bond donors (Lipinski definition) is 2. The van der Waals surface area contributed by atoms with Gasteiger partial charge in [0.25, 0.3) is 0 Å². The average molecular weight is 300 g/mol. The van der Waals surface area contributed by atoms with Crippen molar-refractivity contribution in [1.29, 1.82) is 0 Å². The summed E-state index contributed by atoms with van der Waals surface area (Å²) in [6.07, 6.45) is 3.72. The van der Waals surface area contributed by atoms with Gasteiger partial charge in [-0.1, -0.05) is 20.3 Å². The van der Waals surface area contributed by atoms with E-state index in [1.54, 1.807) is 0 Å². The Morgan fingerprint density at radius 2 is 2.14 bits per heavy atom. The van der Waals surface area contributed by atoms with Crippen molar-refractivity contribution >= 4 is 5.97 Å². The number of likely N-dealkylation sites (N-methyl/N-ethyl adjacent to an activating group) is 2. The number of ether oxygens (including phenoxy) is 1. The molecule has 5 heteroatoms. The van der Waals surface area contributed by atoms with Gasteiger partial charge in [-0.25, -0.2) is 0 Å². The number of carbonyl (C=O) groups is 1. The molecule has 0 heterocycles. The van der Waals surface area contributed by atoms with Crippen LogP contribution in [-0.4, -0.2) is 60.9 Å². The van der Waals surface area contributed by atoms with Crippen molar-refractivity contribution in [2.45, 2.75) is 52.0 Å². The maximum Gasteiger partial charge on any atom is 0.324 e. The molecule has 124 valence electrons. The molecule has 2 unspecified atom stereocenters. The Kier molecular flexibility index (Phi) is 8.22. The van der Waals surface area contributed by atoms with Crippen LogP contribution in [0, 0.1) is 5.92 Å². The van der Waals surface area contributed by atoms with Crippen molar-refractivity contribution in [2.24, 2.45) is 5.92 Å². The van der Waals surface area contributed by atoms with E-state index in [1.165, 1.54) is 0 Å². The van der Waals surface area contributed by atoms with Crippen LogP contribution in [0.3, 0.4) is 0 Å². The Balaban J connectivity index is 2.52. The molecule has 0 amide bonds. The molecule has 2 N–H and O–H groups in total. The fourth-order valence-electron chi connectivity index (χ4n) is 3.48. The number of nitrogens with one attached hydrogen (secondary N) is 1. The molecule has 1 rings (SSSR count). The van der Waals surface area contributed by atoms with Gasteiger partial charge in [-0.2, -0.15) is 0 Å². The van der Waals surface area contributed by atoms with Gasteiger partial charge in [0.15, 0.2) is 0 Å². The Morgan fingerprint density at radius 1 is 1.38 bits per heavy atom. The van der Waals surface area contributed by atoms with Crippen LogP contribution in [-0.2, 0) is 9.53 Å². The van der Waals surface area contributed by atoms with Crippen molar-refractivity contribution in [2.75, 3.05) is 39.4 Å². The van der Waals surface area contributed by atoms with E-state index >= 15 is 0 Å². The first kappa shape index (κ1) is 18.4. The Bertz CT molecular complexity index is 312. The van der Waals surface area contributed by atoms with E-state index in [2.05, 4.69) is 17.1 Å². The largest absolute Gasteiger partial charge is 0.480 e. The first-order valence-electron chi connectivity index (χ1n) is 8.39. The van der Waals surface area contributed by atoms with Gasteiger partial charge in [-0.15, -0.1) is 0 Å². The van der Waals surface area contributed by atoms with Gasteiger partial charge in [0, 0.05) is 13.2 Å². The molecule has 1 saturated carbocycles. The van der Waals surface area contributed by atoms with E-state index in [0.717, 1.165) is 58.5 Å². The predicted molar refractivity (Wildman–Crippen MR) is 84.6 cm³/mol. The topological polar surface area (TPSA) is 61.8 Å². The van der Waals surface area contributed by atoms with E-state index in [0.29, 0.717) is 6.54 Å². The molecule has 0 aromatic carbocycles. The third-order valence-electron chi connectivity index (χ3n) is 4.69. The van der Waals surface area contributed by atoms with E-state index in [4.69, 9.17) is 4.74 Å². The predicted octanol–water partition coefficient (Wildman–Crippen LogP) is 1.97. The fourth-order valence-corrected chi connectivity index (χ4v) is 3.48. The summed E-state index contributed by atoms with van der Waals surface area (Å²) in [5, 5.41) is 12.9. The average Bonchev–Trinajstić information content (AvgIpc) is 2.87. The first-order chi connectivity index (χ1) is 10.1. The summed E-state index contributed by atoms with van der Waals surface area (Å²) in [6, 6.07) is 0. The Hall–Kier alpha value is -0.650.